The maximum atomic E-state index is 5.22. The fraction of sp³-hybridized carbons (Fsp3) is 0.0588. The number of nitrogens with one attached hydrogen (secondary N) is 1. The van der Waals surface area contributed by atoms with Crippen molar-refractivity contribution >= 4 is 96.5 Å². The van der Waals surface area contributed by atoms with Crippen molar-refractivity contribution in [1.82, 2.24) is 9.88 Å². The zero-order valence-corrected chi connectivity index (χ0v) is 32.4. The second kappa shape index (κ2) is 13.0. The smallest absolute Gasteiger partial charge is 0.159 e. The third kappa shape index (κ3) is 5.25. The van der Waals surface area contributed by atoms with Gasteiger partial charge in [-0.2, -0.15) is 0 Å². The van der Waals surface area contributed by atoms with Gasteiger partial charge in [0.05, 0.1) is 21.4 Å². The lowest BCUT2D eigenvalue weighted by atomic mass is 10.0. The van der Waals surface area contributed by atoms with Gasteiger partial charge in [0.2, 0.25) is 0 Å². The van der Waals surface area contributed by atoms with E-state index in [2.05, 4.69) is 174 Å². The number of fused-ring (bicyclic) bond motifs is 9. The van der Waals surface area contributed by atoms with Gasteiger partial charge in [-0.25, -0.2) is 9.98 Å². The first kappa shape index (κ1) is 32.6. The SMILES string of the molecule is C1=CC(C2=NC(c3ccccc3)=NC(c3cccc4c3sc3ccc(-c5ccc6c(c5)sc5c(-n7c8ccccc8c8ccccc87)cccc56)cc34)N2)=CCC1. The van der Waals surface area contributed by atoms with Crippen LogP contribution in [0.5, 0.6) is 0 Å². The summed E-state index contributed by atoms with van der Waals surface area (Å²) in [5.41, 5.74) is 9.47. The molecule has 3 aromatic heterocycles. The Morgan fingerprint density at radius 2 is 1.25 bits per heavy atom. The van der Waals surface area contributed by atoms with E-state index in [1.165, 1.54) is 84.5 Å². The highest BCUT2D eigenvalue weighted by Gasteiger charge is 2.25. The molecule has 10 aromatic rings. The van der Waals surface area contributed by atoms with Crippen molar-refractivity contribution in [3.8, 4) is 16.8 Å². The number of nitrogens with zero attached hydrogens (tertiary/aromatic N) is 3. The van der Waals surface area contributed by atoms with Gasteiger partial charge in [-0.3, -0.25) is 0 Å². The first-order valence-electron chi connectivity index (χ1n) is 19.5. The molecule has 7 aromatic carbocycles. The van der Waals surface area contributed by atoms with E-state index >= 15 is 0 Å². The number of aliphatic imine (C=N–C) groups is 2. The molecule has 12 rings (SSSR count). The van der Waals surface area contributed by atoms with Crippen molar-refractivity contribution in [2.24, 2.45) is 9.98 Å². The lowest BCUT2D eigenvalue weighted by Gasteiger charge is -2.25. The summed E-state index contributed by atoms with van der Waals surface area (Å²) in [7, 11) is 0. The summed E-state index contributed by atoms with van der Waals surface area (Å²) < 4.78 is 7.58. The van der Waals surface area contributed by atoms with Crippen molar-refractivity contribution in [2.75, 3.05) is 0 Å². The second-order valence-corrected chi connectivity index (χ2v) is 16.9. The van der Waals surface area contributed by atoms with Gasteiger partial charge in [0.25, 0.3) is 0 Å². The number of thiophene rings is 2. The van der Waals surface area contributed by atoms with Crippen LogP contribution in [0.2, 0.25) is 0 Å². The summed E-state index contributed by atoms with van der Waals surface area (Å²) >= 11 is 3.74. The van der Waals surface area contributed by atoms with E-state index in [1.54, 1.807) is 0 Å². The largest absolute Gasteiger partial charge is 0.344 e. The number of rotatable bonds is 5. The molecule has 2 aliphatic rings. The maximum Gasteiger partial charge on any atom is 0.159 e. The van der Waals surface area contributed by atoms with Gasteiger partial charge in [0.1, 0.15) is 12.0 Å². The molecule has 0 fully saturated rings. The molecule has 1 aliphatic carbocycles. The third-order valence-electron chi connectivity index (χ3n) is 11.5. The second-order valence-electron chi connectivity index (χ2n) is 14.8. The average molecular weight is 767 g/mol. The molecule has 4 nitrogen and oxygen atoms in total. The Bertz CT molecular complexity index is 3340. The first-order valence-corrected chi connectivity index (χ1v) is 21.1. The molecule has 0 saturated carbocycles. The Morgan fingerprint density at radius 1 is 0.544 bits per heavy atom. The van der Waals surface area contributed by atoms with Gasteiger partial charge < -0.3 is 9.88 Å². The number of benzene rings is 7. The predicted molar refractivity (Wildman–Crippen MR) is 245 cm³/mol. The van der Waals surface area contributed by atoms with Crippen LogP contribution in [0.15, 0.2) is 185 Å². The zero-order valence-electron chi connectivity index (χ0n) is 30.8. The number of hydrogen-bond acceptors (Lipinski definition) is 5. The molecule has 1 atom stereocenters. The number of aromatic nitrogens is 1. The summed E-state index contributed by atoms with van der Waals surface area (Å²) in [6.07, 6.45) is 8.51. The molecule has 1 aliphatic heterocycles. The van der Waals surface area contributed by atoms with Crippen LogP contribution < -0.4 is 5.32 Å². The lowest BCUT2D eigenvalue weighted by molar-refractivity contribution is 0.680. The standard InChI is InChI=1S/C51H34N4S2/c1-3-13-31(14-4-1)49-52-50(32-15-5-2-6-16-32)54-51(53-49)40-21-11-19-39-41-29-33(26-28-45(41)56-47(39)40)34-25-27-37-38-20-12-24-44(48(38)57-46(37)30-34)55-42-22-9-7-17-35(42)36-18-8-10-23-43(36)55/h1,3-5,7-30,51H,2,6H2,(H,52,53,54). The van der Waals surface area contributed by atoms with Crippen molar-refractivity contribution in [3.05, 3.63) is 187 Å². The normalized spacial score (nSPS) is 15.8. The minimum Gasteiger partial charge on any atom is -0.344 e. The maximum absolute atomic E-state index is 5.22. The van der Waals surface area contributed by atoms with Gasteiger partial charge in [0, 0.05) is 63.1 Å². The molecule has 4 heterocycles. The molecule has 0 amide bonds. The minimum atomic E-state index is -0.261. The van der Waals surface area contributed by atoms with Crippen LogP contribution in [0.4, 0.5) is 0 Å². The van der Waals surface area contributed by atoms with Gasteiger partial charge >= 0.3 is 0 Å². The molecule has 1 unspecified atom stereocenters. The van der Waals surface area contributed by atoms with Gasteiger partial charge in [0.15, 0.2) is 5.84 Å². The highest BCUT2D eigenvalue weighted by molar-refractivity contribution is 7.26. The van der Waals surface area contributed by atoms with Gasteiger partial charge in [-0.1, -0.05) is 133 Å². The van der Waals surface area contributed by atoms with Crippen LogP contribution in [0, 0.1) is 0 Å². The van der Waals surface area contributed by atoms with E-state index in [0.29, 0.717) is 0 Å². The molecule has 57 heavy (non-hydrogen) atoms. The van der Waals surface area contributed by atoms with Crippen LogP contribution in [0.25, 0.3) is 79.0 Å². The van der Waals surface area contributed by atoms with Crippen molar-refractivity contribution < 1.29 is 0 Å². The fourth-order valence-electron chi connectivity index (χ4n) is 8.80. The fourth-order valence-corrected chi connectivity index (χ4v) is 11.3. The van der Waals surface area contributed by atoms with E-state index in [1.807, 2.05) is 28.7 Å². The topological polar surface area (TPSA) is 41.7 Å². The molecule has 6 heteroatoms. The molecule has 0 bridgehead atoms. The molecule has 0 radical (unpaired) electrons. The van der Waals surface area contributed by atoms with Crippen LogP contribution in [0.3, 0.4) is 0 Å². The van der Waals surface area contributed by atoms with Crippen molar-refractivity contribution in [2.45, 2.75) is 19.0 Å². The van der Waals surface area contributed by atoms with Gasteiger partial charge in [-0.15, -0.1) is 22.7 Å². The molecule has 0 spiro atoms. The highest BCUT2D eigenvalue weighted by Crippen LogP contribution is 2.44. The summed E-state index contributed by atoms with van der Waals surface area (Å²) in [4.78, 5) is 10.3. The Labute approximate surface area is 337 Å². The Morgan fingerprint density at radius 3 is 2.05 bits per heavy atom. The average Bonchev–Trinajstić information content (AvgIpc) is 3.96. The first-order chi connectivity index (χ1) is 28.2. The van der Waals surface area contributed by atoms with Crippen LogP contribution in [0.1, 0.15) is 30.1 Å². The van der Waals surface area contributed by atoms with Crippen LogP contribution in [-0.2, 0) is 0 Å². The molecule has 270 valence electrons. The van der Waals surface area contributed by atoms with E-state index in [0.717, 1.165) is 35.6 Å². The van der Waals surface area contributed by atoms with Crippen molar-refractivity contribution in [1.29, 1.82) is 0 Å². The van der Waals surface area contributed by atoms with E-state index in [-0.39, 0.29) is 6.17 Å². The zero-order chi connectivity index (χ0) is 37.5. The highest BCUT2D eigenvalue weighted by atomic mass is 32.1. The number of amidine groups is 2. The van der Waals surface area contributed by atoms with Crippen LogP contribution >= 0.6 is 22.7 Å². The van der Waals surface area contributed by atoms with Crippen LogP contribution in [-0.4, -0.2) is 16.2 Å². The Kier molecular flexibility index (Phi) is 7.43. The molecule has 1 N–H and O–H groups in total. The van der Waals surface area contributed by atoms with Gasteiger partial charge in [-0.05, 0) is 60.4 Å². The molecule has 0 saturated heterocycles. The summed E-state index contributed by atoms with van der Waals surface area (Å²) in [5.74, 6) is 1.64. The van der Waals surface area contributed by atoms with E-state index < -0.39 is 0 Å². The number of allylic oxidation sites excluding steroid dienone is 2. The monoisotopic (exact) mass is 766 g/mol. The van der Waals surface area contributed by atoms with E-state index in [9.17, 15) is 0 Å². The van der Waals surface area contributed by atoms with Crippen molar-refractivity contribution in [3.63, 3.8) is 0 Å². The van der Waals surface area contributed by atoms with E-state index in [4.69, 9.17) is 9.98 Å². The third-order valence-corrected chi connectivity index (χ3v) is 13.9. The summed E-state index contributed by atoms with van der Waals surface area (Å²) in [6.45, 7) is 0. The Hall–Kier alpha value is -6.60. The lowest BCUT2D eigenvalue weighted by Crippen LogP contribution is -2.34. The number of para-hydroxylation sites is 2. The molecular weight excluding hydrogens is 733 g/mol. The molecular formula is C51H34N4S2. The summed E-state index contributed by atoms with van der Waals surface area (Å²) in [5, 5.41) is 11.4. The summed E-state index contributed by atoms with van der Waals surface area (Å²) in [6, 6.07) is 55.2. The quantitative estimate of drug-likeness (QED) is 0.186. The predicted octanol–water partition coefficient (Wildman–Crippen LogP) is 13.9. The minimum absolute atomic E-state index is 0.261. The Balaban J connectivity index is 0.954. The number of hydrogen-bond donors (Lipinski definition) is 1.